The lowest BCUT2D eigenvalue weighted by molar-refractivity contribution is -0.139. The van der Waals surface area contributed by atoms with Crippen LogP contribution in [0.4, 0.5) is 15.8 Å². The Labute approximate surface area is 275 Å². The van der Waals surface area contributed by atoms with Crippen molar-refractivity contribution in [2.75, 3.05) is 44.2 Å². The molecule has 3 aromatic carbocycles. The van der Waals surface area contributed by atoms with E-state index in [-0.39, 0.29) is 36.6 Å². The maximum atomic E-state index is 16.1. The summed E-state index contributed by atoms with van der Waals surface area (Å²) in [5.41, 5.74) is 3.41. The third-order valence-corrected chi connectivity index (χ3v) is 9.16. The molecule has 1 aliphatic heterocycles. The van der Waals surface area contributed by atoms with Crippen LogP contribution in [0.25, 0.3) is 0 Å². The van der Waals surface area contributed by atoms with Gasteiger partial charge in [0.25, 0.3) is 0 Å². The van der Waals surface area contributed by atoms with Crippen molar-refractivity contribution in [3.63, 3.8) is 0 Å². The fraction of sp³-hybridized carbons (Fsp3) is 0.444. The molecule has 0 spiro atoms. The normalized spacial score (nSPS) is 19.5. The van der Waals surface area contributed by atoms with Gasteiger partial charge in [-0.05, 0) is 105 Å². The molecule has 0 radical (unpaired) electrons. The average Bonchev–Trinajstić information content (AvgIpc) is 3.04. The maximum absolute atomic E-state index is 16.1. The van der Waals surface area contributed by atoms with Gasteiger partial charge in [-0.25, -0.2) is 4.39 Å². The number of nitrogens with zero attached hydrogens (tertiary/aromatic N) is 2. The predicted octanol–water partition coefficient (Wildman–Crippen LogP) is 6.71. The van der Waals surface area contributed by atoms with E-state index in [1.54, 1.807) is 30.2 Å². The van der Waals surface area contributed by atoms with Crippen molar-refractivity contribution in [1.29, 1.82) is 0 Å². The Morgan fingerprint density at radius 2 is 1.76 bits per heavy atom. The second kappa shape index (κ2) is 14.7. The second-order valence-corrected chi connectivity index (χ2v) is 12.9. The van der Waals surface area contributed by atoms with Gasteiger partial charge in [-0.15, -0.1) is 0 Å². The van der Waals surface area contributed by atoms with Crippen molar-refractivity contribution in [2.45, 2.75) is 64.1 Å². The molecule has 5 rings (SSSR count). The Morgan fingerprint density at radius 1 is 1.04 bits per heavy atom. The molecule has 1 saturated carbocycles. The Morgan fingerprint density at radius 3 is 2.39 bits per heavy atom. The fourth-order valence-corrected chi connectivity index (χ4v) is 6.71. The van der Waals surface area contributed by atoms with E-state index in [2.05, 4.69) is 10.2 Å². The van der Waals surface area contributed by atoms with Gasteiger partial charge < -0.3 is 24.4 Å². The fourth-order valence-electron chi connectivity index (χ4n) is 6.58. The monoisotopic (exact) mass is 651 g/mol. The second-order valence-electron chi connectivity index (χ2n) is 12.5. The van der Waals surface area contributed by atoms with Crippen LogP contribution in [0, 0.1) is 11.7 Å². The zero-order valence-electron chi connectivity index (χ0n) is 27.1. The van der Waals surface area contributed by atoms with Gasteiger partial charge in [0.1, 0.15) is 5.82 Å². The molecule has 8 nitrogen and oxygen atoms in total. The molecule has 246 valence electrons. The molecule has 1 amide bonds. The number of halogens is 2. The highest BCUT2D eigenvalue weighted by molar-refractivity contribution is 6.30. The minimum Gasteiger partial charge on any atom is -0.493 e. The van der Waals surface area contributed by atoms with E-state index in [1.165, 1.54) is 13.2 Å². The molecule has 0 unspecified atom stereocenters. The van der Waals surface area contributed by atoms with Crippen LogP contribution in [-0.4, -0.2) is 58.4 Å². The summed E-state index contributed by atoms with van der Waals surface area (Å²) in [5, 5.41) is 3.85. The number of fused-ring (bicyclic) bond motifs is 1. The van der Waals surface area contributed by atoms with Crippen LogP contribution in [-0.2, 0) is 20.7 Å². The number of rotatable bonds is 11. The molecule has 10 heteroatoms. The summed E-state index contributed by atoms with van der Waals surface area (Å²) in [6.45, 7) is 4.89. The molecule has 1 aliphatic carbocycles. The lowest BCUT2D eigenvalue weighted by atomic mass is 9.85. The van der Waals surface area contributed by atoms with E-state index in [0.717, 1.165) is 54.6 Å². The van der Waals surface area contributed by atoms with Crippen molar-refractivity contribution in [3.8, 4) is 11.5 Å². The van der Waals surface area contributed by atoms with Gasteiger partial charge in [0.05, 0.1) is 45.0 Å². The summed E-state index contributed by atoms with van der Waals surface area (Å²) in [5.74, 6) is 0.626. The first-order valence-corrected chi connectivity index (χ1v) is 16.2. The van der Waals surface area contributed by atoms with Crippen LogP contribution >= 0.6 is 11.6 Å². The van der Waals surface area contributed by atoms with E-state index in [1.807, 2.05) is 51.2 Å². The summed E-state index contributed by atoms with van der Waals surface area (Å²) in [6.07, 6.45) is 3.98. The lowest BCUT2D eigenvalue weighted by Gasteiger charge is -2.38. The van der Waals surface area contributed by atoms with Gasteiger partial charge >= 0.3 is 5.97 Å². The van der Waals surface area contributed by atoms with Gasteiger partial charge in [-0.2, -0.15) is 0 Å². The molecule has 3 aromatic rings. The SMILES string of the molecule is COC(=O)CN[C@H]1CC[C@H](CN(C)c2ccc(N3C(=O)Cc4cc(OC)c(OC(C)C)cc4[C@@H]3c3ccc(Cl)cc3)c(F)c2)CC1. The predicted molar refractivity (Wildman–Crippen MR) is 179 cm³/mol. The van der Waals surface area contributed by atoms with Crippen molar-refractivity contribution in [3.05, 3.63) is 82.1 Å². The number of hydrogen-bond donors (Lipinski definition) is 1. The minimum absolute atomic E-state index is 0.0933. The molecular formula is C36H43ClFN3O5. The summed E-state index contributed by atoms with van der Waals surface area (Å²) in [4.78, 5) is 28.9. The van der Waals surface area contributed by atoms with Crippen LogP contribution in [0.5, 0.6) is 11.5 Å². The largest absolute Gasteiger partial charge is 0.493 e. The van der Waals surface area contributed by atoms with E-state index in [0.29, 0.717) is 28.5 Å². The zero-order chi connectivity index (χ0) is 33.0. The van der Waals surface area contributed by atoms with Crippen molar-refractivity contribution in [2.24, 2.45) is 5.92 Å². The molecule has 0 aromatic heterocycles. The van der Waals surface area contributed by atoms with Gasteiger partial charge in [-0.1, -0.05) is 23.7 Å². The van der Waals surface area contributed by atoms with Gasteiger partial charge in [0.2, 0.25) is 5.91 Å². The standard InChI is InChI=1S/C36H43ClFN3O5/c1-22(2)46-33-19-29-25(16-32(33)44-4)17-34(42)41(36(29)24-8-10-26(37)11-9-24)31-15-14-28(18-30(31)38)40(3)21-23-6-12-27(13-7-23)39-20-35(43)45-5/h8-11,14-16,18-19,22-23,27,36,39H,6-7,12-13,17,20-21H2,1-5H3/t23-,27-,36-/m0/s1. The van der Waals surface area contributed by atoms with Crippen molar-refractivity contribution < 1.29 is 28.2 Å². The third kappa shape index (κ3) is 7.58. The first-order valence-electron chi connectivity index (χ1n) is 15.8. The number of benzene rings is 3. The molecular weight excluding hydrogens is 609 g/mol. The van der Waals surface area contributed by atoms with Crippen LogP contribution in [0.1, 0.15) is 62.3 Å². The Balaban J connectivity index is 1.39. The van der Waals surface area contributed by atoms with Crippen LogP contribution < -0.4 is 24.6 Å². The van der Waals surface area contributed by atoms with E-state index in [4.69, 9.17) is 25.8 Å². The first kappa shape index (κ1) is 33.5. The number of ether oxygens (including phenoxy) is 3. The number of nitrogens with one attached hydrogen (secondary N) is 1. The van der Waals surface area contributed by atoms with Gasteiger partial charge in [0, 0.05) is 30.3 Å². The van der Waals surface area contributed by atoms with Crippen LogP contribution in [0.15, 0.2) is 54.6 Å². The van der Waals surface area contributed by atoms with Crippen LogP contribution in [0.3, 0.4) is 0 Å². The van der Waals surface area contributed by atoms with E-state index < -0.39 is 11.9 Å². The van der Waals surface area contributed by atoms with E-state index in [9.17, 15) is 9.59 Å². The molecule has 0 bridgehead atoms. The molecule has 1 N–H and O–H groups in total. The quantitative estimate of drug-likeness (QED) is 0.231. The van der Waals surface area contributed by atoms with Crippen molar-refractivity contribution >= 4 is 34.9 Å². The van der Waals surface area contributed by atoms with Gasteiger partial charge in [0.15, 0.2) is 11.5 Å². The molecule has 1 fully saturated rings. The number of hydrogen-bond acceptors (Lipinski definition) is 7. The molecule has 2 aliphatic rings. The summed E-state index contributed by atoms with van der Waals surface area (Å²) in [6, 6.07) is 15.9. The number of carbonyl (C=O) groups is 2. The zero-order valence-corrected chi connectivity index (χ0v) is 27.9. The smallest absolute Gasteiger partial charge is 0.319 e. The molecule has 1 atom stereocenters. The third-order valence-electron chi connectivity index (χ3n) is 8.91. The number of amides is 1. The summed E-state index contributed by atoms with van der Waals surface area (Å²) in [7, 11) is 4.94. The highest BCUT2D eigenvalue weighted by Gasteiger charge is 2.37. The summed E-state index contributed by atoms with van der Waals surface area (Å²) >= 11 is 6.23. The number of anilines is 2. The number of esters is 1. The average molecular weight is 652 g/mol. The Bertz CT molecular complexity index is 1540. The van der Waals surface area contributed by atoms with Gasteiger partial charge in [-0.3, -0.25) is 14.5 Å². The number of methoxy groups -OCH3 is 2. The maximum Gasteiger partial charge on any atom is 0.319 e. The molecule has 0 saturated heterocycles. The highest BCUT2D eigenvalue weighted by atomic mass is 35.5. The van der Waals surface area contributed by atoms with Crippen molar-refractivity contribution in [1.82, 2.24) is 5.32 Å². The molecule has 46 heavy (non-hydrogen) atoms. The van der Waals surface area contributed by atoms with Crippen LogP contribution in [0.2, 0.25) is 5.02 Å². The minimum atomic E-state index is -0.602. The molecule has 1 heterocycles. The Hall–Kier alpha value is -3.82. The Kier molecular flexibility index (Phi) is 10.7. The van der Waals surface area contributed by atoms with E-state index >= 15 is 4.39 Å². The first-order chi connectivity index (χ1) is 22.1. The summed E-state index contributed by atoms with van der Waals surface area (Å²) < 4.78 is 32.6. The topological polar surface area (TPSA) is 80.3 Å². The number of carbonyl (C=O) groups excluding carboxylic acids is 2. The highest BCUT2D eigenvalue weighted by Crippen LogP contribution is 2.44. The lowest BCUT2D eigenvalue weighted by Crippen LogP contribution is -2.41.